The van der Waals surface area contributed by atoms with E-state index in [2.05, 4.69) is 4.98 Å². The van der Waals surface area contributed by atoms with E-state index >= 15 is 0 Å². The average molecular weight is 194 g/mol. The van der Waals surface area contributed by atoms with E-state index in [1.807, 2.05) is 6.07 Å². The second kappa shape index (κ2) is 4.72. The van der Waals surface area contributed by atoms with Crippen molar-refractivity contribution in [3.05, 3.63) is 30.1 Å². The van der Waals surface area contributed by atoms with Gasteiger partial charge in [0.05, 0.1) is 6.42 Å². The lowest BCUT2D eigenvalue weighted by molar-refractivity contribution is -0.137. The van der Waals surface area contributed by atoms with E-state index < -0.39 is 5.97 Å². The van der Waals surface area contributed by atoms with Gasteiger partial charge in [-0.2, -0.15) is 0 Å². The summed E-state index contributed by atoms with van der Waals surface area (Å²) in [5, 5.41) is 8.72. The highest BCUT2D eigenvalue weighted by molar-refractivity contribution is 5.68. The summed E-state index contributed by atoms with van der Waals surface area (Å²) in [5.41, 5.74) is 6.61. The summed E-state index contributed by atoms with van der Waals surface area (Å²) >= 11 is 0. The molecule has 0 amide bonds. The molecule has 1 aromatic heterocycles. The largest absolute Gasteiger partial charge is 0.481 e. The maximum Gasteiger partial charge on any atom is 0.304 e. The van der Waals surface area contributed by atoms with Gasteiger partial charge in [0, 0.05) is 24.4 Å². The zero-order valence-corrected chi connectivity index (χ0v) is 8.05. The van der Waals surface area contributed by atoms with E-state index in [0.29, 0.717) is 0 Å². The normalized spacial score (nSPS) is 14.7. The Kier molecular flexibility index (Phi) is 3.59. The standard InChI is InChI=1S/C10H14N2O2/c1-7(11)9(5-10(13)14)8-3-2-4-12-6-8/h2-4,6-7,9H,5,11H2,1H3,(H,13,14). The van der Waals surface area contributed by atoms with Crippen molar-refractivity contribution in [2.24, 2.45) is 5.73 Å². The second-order valence-electron chi connectivity index (χ2n) is 3.35. The van der Waals surface area contributed by atoms with E-state index in [4.69, 9.17) is 10.8 Å². The van der Waals surface area contributed by atoms with Crippen LogP contribution in [0.3, 0.4) is 0 Å². The Morgan fingerprint density at radius 1 is 1.71 bits per heavy atom. The van der Waals surface area contributed by atoms with Gasteiger partial charge in [-0.15, -0.1) is 0 Å². The molecule has 76 valence electrons. The summed E-state index contributed by atoms with van der Waals surface area (Å²) in [6, 6.07) is 3.45. The molecule has 0 aliphatic carbocycles. The van der Waals surface area contributed by atoms with Gasteiger partial charge in [0.1, 0.15) is 0 Å². The zero-order valence-electron chi connectivity index (χ0n) is 8.05. The molecular formula is C10H14N2O2. The van der Waals surface area contributed by atoms with Gasteiger partial charge >= 0.3 is 5.97 Å². The molecule has 14 heavy (non-hydrogen) atoms. The molecule has 0 fully saturated rings. The number of aromatic nitrogens is 1. The van der Waals surface area contributed by atoms with Crippen LogP contribution in [0.5, 0.6) is 0 Å². The first-order valence-corrected chi connectivity index (χ1v) is 4.48. The van der Waals surface area contributed by atoms with Crippen LogP contribution in [0.4, 0.5) is 0 Å². The predicted molar refractivity (Wildman–Crippen MR) is 52.9 cm³/mol. The Balaban J connectivity index is 2.83. The quantitative estimate of drug-likeness (QED) is 0.749. The molecule has 4 heteroatoms. The fourth-order valence-electron chi connectivity index (χ4n) is 1.39. The van der Waals surface area contributed by atoms with Crippen molar-refractivity contribution in [3.63, 3.8) is 0 Å². The van der Waals surface area contributed by atoms with Crippen molar-refractivity contribution < 1.29 is 9.90 Å². The van der Waals surface area contributed by atoms with Gasteiger partial charge in [-0.1, -0.05) is 6.07 Å². The third-order valence-electron chi connectivity index (χ3n) is 2.14. The molecule has 0 spiro atoms. The number of aliphatic carboxylic acids is 1. The maximum atomic E-state index is 10.6. The molecule has 3 N–H and O–H groups in total. The van der Waals surface area contributed by atoms with Crippen LogP contribution < -0.4 is 5.73 Å². The number of carboxylic acid groups (broad SMARTS) is 1. The van der Waals surface area contributed by atoms with E-state index in [0.717, 1.165) is 5.56 Å². The smallest absolute Gasteiger partial charge is 0.304 e. The number of rotatable bonds is 4. The van der Waals surface area contributed by atoms with Gasteiger partial charge < -0.3 is 10.8 Å². The molecule has 0 aliphatic heterocycles. The van der Waals surface area contributed by atoms with Crippen LogP contribution in [0.25, 0.3) is 0 Å². The van der Waals surface area contributed by atoms with Gasteiger partial charge in [-0.3, -0.25) is 9.78 Å². The third-order valence-corrected chi connectivity index (χ3v) is 2.14. The lowest BCUT2D eigenvalue weighted by Gasteiger charge is -2.18. The number of carbonyl (C=O) groups is 1. The summed E-state index contributed by atoms with van der Waals surface area (Å²) in [7, 11) is 0. The van der Waals surface area contributed by atoms with Crippen LogP contribution in [0.2, 0.25) is 0 Å². The number of pyridine rings is 1. The first-order chi connectivity index (χ1) is 6.61. The van der Waals surface area contributed by atoms with Crippen LogP contribution in [0.1, 0.15) is 24.8 Å². The Labute approximate surface area is 82.8 Å². The predicted octanol–water partition coefficient (Wildman–Crippen LogP) is 0.987. The van der Waals surface area contributed by atoms with Crippen molar-refractivity contribution in [1.82, 2.24) is 4.98 Å². The van der Waals surface area contributed by atoms with Crippen molar-refractivity contribution in [2.75, 3.05) is 0 Å². The molecule has 2 atom stereocenters. The van der Waals surface area contributed by atoms with Gasteiger partial charge in [0.25, 0.3) is 0 Å². The van der Waals surface area contributed by atoms with Crippen molar-refractivity contribution in [2.45, 2.75) is 25.3 Å². The fraction of sp³-hybridized carbons (Fsp3) is 0.400. The first kappa shape index (κ1) is 10.7. The molecule has 0 saturated carbocycles. The molecular weight excluding hydrogens is 180 g/mol. The van der Waals surface area contributed by atoms with E-state index in [1.165, 1.54) is 0 Å². The SMILES string of the molecule is CC(N)C(CC(=O)O)c1cccnc1. The Morgan fingerprint density at radius 3 is 2.86 bits per heavy atom. The molecule has 1 rings (SSSR count). The monoisotopic (exact) mass is 194 g/mol. The van der Waals surface area contributed by atoms with Crippen molar-refractivity contribution in [1.29, 1.82) is 0 Å². The minimum Gasteiger partial charge on any atom is -0.481 e. The van der Waals surface area contributed by atoms with Crippen LogP contribution in [-0.4, -0.2) is 22.1 Å². The Hall–Kier alpha value is -1.42. The topological polar surface area (TPSA) is 76.2 Å². The molecule has 0 radical (unpaired) electrons. The highest BCUT2D eigenvalue weighted by Crippen LogP contribution is 2.21. The Bertz CT molecular complexity index is 298. The molecule has 1 heterocycles. The van der Waals surface area contributed by atoms with Crippen molar-refractivity contribution >= 4 is 5.97 Å². The fourth-order valence-corrected chi connectivity index (χ4v) is 1.39. The number of nitrogens with two attached hydrogens (primary N) is 1. The molecule has 0 aliphatic rings. The summed E-state index contributed by atoms with van der Waals surface area (Å²) < 4.78 is 0. The van der Waals surface area contributed by atoms with Gasteiger partial charge in [-0.25, -0.2) is 0 Å². The number of hydrogen-bond donors (Lipinski definition) is 2. The lowest BCUT2D eigenvalue weighted by Crippen LogP contribution is -2.26. The molecule has 0 saturated heterocycles. The van der Waals surface area contributed by atoms with Crippen LogP contribution >= 0.6 is 0 Å². The van der Waals surface area contributed by atoms with Gasteiger partial charge in [-0.05, 0) is 18.6 Å². The summed E-state index contributed by atoms with van der Waals surface area (Å²) in [5.74, 6) is -1.00. The highest BCUT2D eigenvalue weighted by atomic mass is 16.4. The Morgan fingerprint density at radius 2 is 2.43 bits per heavy atom. The summed E-state index contributed by atoms with van der Waals surface area (Å²) in [4.78, 5) is 14.6. The van der Waals surface area contributed by atoms with Crippen LogP contribution in [0, 0.1) is 0 Å². The van der Waals surface area contributed by atoms with Crippen molar-refractivity contribution in [3.8, 4) is 0 Å². The summed E-state index contributed by atoms with van der Waals surface area (Å²) in [6.07, 6.45) is 3.36. The maximum absolute atomic E-state index is 10.6. The molecule has 4 nitrogen and oxygen atoms in total. The number of hydrogen-bond acceptors (Lipinski definition) is 3. The van der Waals surface area contributed by atoms with E-state index in [-0.39, 0.29) is 18.4 Å². The number of carboxylic acids is 1. The second-order valence-corrected chi connectivity index (χ2v) is 3.35. The lowest BCUT2D eigenvalue weighted by atomic mass is 9.91. The molecule has 0 aromatic carbocycles. The van der Waals surface area contributed by atoms with Gasteiger partial charge in [0.2, 0.25) is 0 Å². The first-order valence-electron chi connectivity index (χ1n) is 4.48. The average Bonchev–Trinajstić information content (AvgIpc) is 2.15. The minimum atomic E-state index is -0.837. The minimum absolute atomic E-state index is 0.0450. The zero-order chi connectivity index (χ0) is 10.6. The molecule has 0 bridgehead atoms. The van der Waals surface area contributed by atoms with Crippen LogP contribution in [-0.2, 0) is 4.79 Å². The number of nitrogens with zero attached hydrogens (tertiary/aromatic N) is 1. The van der Waals surface area contributed by atoms with Gasteiger partial charge in [0.15, 0.2) is 0 Å². The molecule has 2 unspecified atom stereocenters. The summed E-state index contributed by atoms with van der Waals surface area (Å²) in [6.45, 7) is 1.81. The van der Waals surface area contributed by atoms with Crippen LogP contribution in [0.15, 0.2) is 24.5 Å². The third kappa shape index (κ3) is 2.81. The highest BCUT2D eigenvalue weighted by Gasteiger charge is 2.19. The molecule has 1 aromatic rings. The van der Waals surface area contributed by atoms with E-state index in [1.54, 1.807) is 25.4 Å². The van der Waals surface area contributed by atoms with E-state index in [9.17, 15) is 4.79 Å².